The van der Waals surface area contributed by atoms with E-state index in [2.05, 4.69) is 4.98 Å². The second kappa shape index (κ2) is 3.31. The van der Waals surface area contributed by atoms with E-state index in [4.69, 9.17) is 9.15 Å². The van der Waals surface area contributed by atoms with Crippen molar-refractivity contribution in [2.75, 3.05) is 0 Å². The first-order valence-corrected chi connectivity index (χ1v) is 3.99. The lowest BCUT2D eigenvalue weighted by Crippen LogP contribution is -1.81. The van der Waals surface area contributed by atoms with Gasteiger partial charge in [0.05, 0.1) is 6.20 Å². The molecule has 0 aliphatic carbocycles. The van der Waals surface area contributed by atoms with Gasteiger partial charge in [0, 0.05) is 12.3 Å². The van der Waals surface area contributed by atoms with Gasteiger partial charge in [0.25, 0.3) is 5.95 Å². The molecule has 0 fully saturated rings. The molecule has 0 saturated carbocycles. The van der Waals surface area contributed by atoms with Gasteiger partial charge in [-0.3, -0.25) is 4.98 Å². The minimum Gasteiger partial charge on any atom is -0.431 e. The Labute approximate surface area is 76.0 Å². The van der Waals surface area contributed by atoms with Crippen LogP contribution in [0.3, 0.4) is 0 Å². The number of aryl methyl sites for hydroxylation is 1. The second-order valence-corrected chi connectivity index (χ2v) is 2.66. The van der Waals surface area contributed by atoms with Crippen molar-refractivity contribution in [3.63, 3.8) is 0 Å². The van der Waals surface area contributed by atoms with Gasteiger partial charge >= 0.3 is 0 Å². The van der Waals surface area contributed by atoms with Gasteiger partial charge in [-0.2, -0.15) is 0 Å². The highest BCUT2D eigenvalue weighted by Gasteiger charge is 1.99. The maximum Gasteiger partial charge on any atom is 0.290 e. The fraction of sp³-hybridized carbons (Fsp3) is 0.100. The van der Waals surface area contributed by atoms with Crippen LogP contribution in [0.5, 0.6) is 11.7 Å². The summed E-state index contributed by atoms with van der Waals surface area (Å²) in [7, 11) is 0. The molecule has 3 nitrogen and oxygen atoms in total. The Hall–Kier alpha value is -1.77. The van der Waals surface area contributed by atoms with Gasteiger partial charge in [-0.25, -0.2) is 0 Å². The van der Waals surface area contributed by atoms with Crippen molar-refractivity contribution in [1.29, 1.82) is 0 Å². The molecule has 0 amide bonds. The Morgan fingerprint density at radius 1 is 1.31 bits per heavy atom. The molecule has 13 heavy (non-hydrogen) atoms. The molecule has 0 aliphatic rings. The van der Waals surface area contributed by atoms with Crippen LogP contribution in [-0.2, 0) is 0 Å². The highest BCUT2D eigenvalue weighted by atomic mass is 16.6. The maximum atomic E-state index is 5.37. The largest absolute Gasteiger partial charge is 0.431 e. The second-order valence-electron chi connectivity index (χ2n) is 2.66. The van der Waals surface area contributed by atoms with Crippen LogP contribution in [0.4, 0.5) is 0 Å². The zero-order valence-electron chi connectivity index (χ0n) is 7.23. The maximum absolute atomic E-state index is 5.37. The number of rotatable bonds is 2. The summed E-state index contributed by atoms with van der Waals surface area (Å²) in [6, 6.07) is 7.27. The Morgan fingerprint density at radius 2 is 2.23 bits per heavy atom. The topological polar surface area (TPSA) is 35.3 Å². The average Bonchev–Trinajstić information content (AvgIpc) is 2.53. The van der Waals surface area contributed by atoms with Crippen LogP contribution in [0.1, 0.15) is 5.76 Å². The molecule has 2 aromatic heterocycles. The molecule has 2 aromatic rings. The van der Waals surface area contributed by atoms with Crippen molar-refractivity contribution in [2.45, 2.75) is 6.92 Å². The van der Waals surface area contributed by atoms with E-state index >= 15 is 0 Å². The third-order valence-electron chi connectivity index (χ3n) is 1.57. The van der Waals surface area contributed by atoms with E-state index in [1.807, 2.05) is 25.1 Å². The fourth-order valence-corrected chi connectivity index (χ4v) is 0.991. The van der Waals surface area contributed by atoms with E-state index in [9.17, 15) is 0 Å². The standard InChI is InChI=1S/C10H9NO2/c1-8-4-5-10(12-8)13-9-3-2-6-11-7-9/h2-7H,1H3. The highest BCUT2D eigenvalue weighted by Crippen LogP contribution is 2.21. The molecule has 0 N–H and O–H groups in total. The van der Waals surface area contributed by atoms with Crippen molar-refractivity contribution >= 4 is 0 Å². The van der Waals surface area contributed by atoms with E-state index in [-0.39, 0.29) is 0 Å². The van der Waals surface area contributed by atoms with Crippen molar-refractivity contribution in [3.8, 4) is 11.7 Å². The van der Waals surface area contributed by atoms with Gasteiger partial charge in [0.15, 0.2) is 0 Å². The zero-order chi connectivity index (χ0) is 9.10. The lowest BCUT2D eigenvalue weighted by Gasteiger charge is -1.99. The fourth-order valence-electron chi connectivity index (χ4n) is 0.991. The number of aromatic nitrogens is 1. The van der Waals surface area contributed by atoms with Crippen LogP contribution in [-0.4, -0.2) is 4.98 Å². The van der Waals surface area contributed by atoms with Crippen LogP contribution in [0.15, 0.2) is 41.1 Å². The predicted octanol–water partition coefficient (Wildman–Crippen LogP) is 2.78. The quantitative estimate of drug-likeness (QED) is 0.703. The normalized spacial score (nSPS) is 9.92. The molecule has 66 valence electrons. The van der Waals surface area contributed by atoms with E-state index in [0.717, 1.165) is 5.76 Å². The van der Waals surface area contributed by atoms with Crippen LogP contribution in [0.25, 0.3) is 0 Å². The van der Waals surface area contributed by atoms with Crippen molar-refractivity contribution in [1.82, 2.24) is 4.98 Å². The molecule has 0 aliphatic heterocycles. The van der Waals surface area contributed by atoms with E-state index in [0.29, 0.717) is 11.7 Å². The summed E-state index contributed by atoms with van der Waals surface area (Å²) in [5.41, 5.74) is 0. The number of ether oxygens (including phenoxy) is 1. The Bertz CT molecular complexity index is 381. The first-order valence-electron chi connectivity index (χ1n) is 3.99. The van der Waals surface area contributed by atoms with E-state index < -0.39 is 0 Å². The lowest BCUT2D eigenvalue weighted by molar-refractivity contribution is 0.337. The summed E-state index contributed by atoms with van der Waals surface area (Å²) in [4.78, 5) is 3.92. The summed E-state index contributed by atoms with van der Waals surface area (Å²) >= 11 is 0. The van der Waals surface area contributed by atoms with Crippen LogP contribution in [0.2, 0.25) is 0 Å². The molecule has 2 rings (SSSR count). The van der Waals surface area contributed by atoms with Gasteiger partial charge in [-0.1, -0.05) is 0 Å². The average molecular weight is 175 g/mol. The molecule has 2 heterocycles. The number of furan rings is 1. The summed E-state index contributed by atoms with van der Waals surface area (Å²) in [5, 5.41) is 0. The first-order chi connectivity index (χ1) is 6.34. The van der Waals surface area contributed by atoms with Crippen LogP contribution >= 0.6 is 0 Å². The van der Waals surface area contributed by atoms with Crippen LogP contribution in [0, 0.1) is 6.92 Å². The SMILES string of the molecule is Cc1ccc(Oc2cccnc2)o1. The lowest BCUT2D eigenvalue weighted by atomic mass is 10.5. The number of hydrogen-bond donors (Lipinski definition) is 0. The molecule has 0 unspecified atom stereocenters. The number of pyridine rings is 1. The first kappa shape index (κ1) is 7.86. The molecule has 0 radical (unpaired) electrons. The summed E-state index contributed by atoms with van der Waals surface area (Å²) < 4.78 is 10.6. The van der Waals surface area contributed by atoms with Gasteiger partial charge in [-0.15, -0.1) is 0 Å². The van der Waals surface area contributed by atoms with E-state index in [1.165, 1.54) is 0 Å². The minimum atomic E-state index is 0.491. The Balaban J connectivity index is 2.15. The van der Waals surface area contributed by atoms with Crippen molar-refractivity contribution in [3.05, 3.63) is 42.4 Å². The summed E-state index contributed by atoms with van der Waals surface area (Å²) in [6.07, 6.45) is 3.33. The van der Waals surface area contributed by atoms with Gasteiger partial charge < -0.3 is 9.15 Å². The molecule has 0 spiro atoms. The Morgan fingerprint density at radius 3 is 2.85 bits per heavy atom. The molecule has 3 heteroatoms. The predicted molar refractivity (Wildman–Crippen MR) is 47.8 cm³/mol. The molecule has 0 atom stereocenters. The minimum absolute atomic E-state index is 0.491. The Kier molecular flexibility index (Phi) is 2.00. The third kappa shape index (κ3) is 1.87. The highest BCUT2D eigenvalue weighted by molar-refractivity contribution is 5.22. The number of hydrogen-bond acceptors (Lipinski definition) is 3. The third-order valence-corrected chi connectivity index (χ3v) is 1.57. The van der Waals surface area contributed by atoms with E-state index in [1.54, 1.807) is 18.5 Å². The van der Waals surface area contributed by atoms with Crippen molar-refractivity contribution in [2.24, 2.45) is 0 Å². The zero-order valence-corrected chi connectivity index (χ0v) is 7.23. The van der Waals surface area contributed by atoms with Gasteiger partial charge in [-0.05, 0) is 25.1 Å². The summed E-state index contributed by atoms with van der Waals surface area (Å²) in [6.45, 7) is 1.87. The van der Waals surface area contributed by atoms with Gasteiger partial charge in [0.2, 0.25) is 0 Å². The van der Waals surface area contributed by atoms with Crippen LogP contribution < -0.4 is 4.74 Å². The molecular formula is C10H9NO2. The monoisotopic (exact) mass is 175 g/mol. The summed E-state index contributed by atoms with van der Waals surface area (Å²) in [5.74, 6) is 2.00. The molecule has 0 saturated heterocycles. The molecule has 0 aromatic carbocycles. The molecular weight excluding hydrogens is 166 g/mol. The number of nitrogens with zero attached hydrogens (tertiary/aromatic N) is 1. The van der Waals surface area contributed by atoms with Gasteiger partial charge in [0.1, 0.15) is 11.5 Å². The van der Waals surface area contributed by atoms with Crippen molar-refractivity contribution < 1.29 is 9.15 Å². The molecule has 0 bridgehead atoms. The smallest absolute Gasteiger partial charge is 0.290 e.